The molecule has 1 aliphatic rings. The van der Waals surface area contributed by atoms with Crippen molar-refractivity contribution >= 4 is 0 Å². The zero-order valence-corrected chi connectivity index (χ0v) is 13.0. The van der Waals surface area contributed by atoms with E-state index in [0.717, 1.165) is 17.6 Å². The number of benzene rings is 2. The quantitative estimate of drug-likeness (QED) is 0.705. The third-order valence-corrected chi connectivity index (χ3v) is 4.82. The molecule has 0 N–H and O–H groups in total. The van der Waals surface area contributed by atoms with Gasteiger partial charge in [-0.15, -0.1) is 0 Å². The van der Waals surface area contributed by atoms with Crippen molar-refractivity contribution in [2.24, 2.45) is 5.92 Å². The highest BCUT2D eigenvalue weighted by molar-refractivity contribution is 5.64. The topological polar surface area (TPSA) is 9.23 Å². The van der Waals surface area contributed by atoms with Crippen LogP contribution in [0.4, 0.5) is 0 Å². The molecular weight excluding hydrogens is 256 g/mol. The largest absolute Gasteiger partial charge is 0.497 e. The van der Waals surface area contributed by atoms with E-state index < -0.39 is 0 Å². The highest BCUT2D eigenvalue weighted by atomic mass is 16.5. The summed E-state index contributed by atoms with van der Waals surface area (Å²) in [4.78, 5) is 0. The van der Waals surface area contributed by atoms with Crippen molar-refractivity contribution in [2.75, 3.05) is 7.11 Å². The SMILES string of the molecule is COc1ccc(-c2ccc(C3CCC(C)CC3)cc2)cc1. The van der Waals surface area contributed by atoms with Crippen molar-refractivity contribution < 1.29 is 4.74 Å². The van der Waals surface area contributed by atoms with Gasteiger partial charge >= 0.3 is 0 Å². The number of hydrogen-bond donors (Lipinski definition) is 0. The predicted octanol–water partition coefficient (Wildman–Crippen LogP) is 5.66. The first-order chi connectivity index (χ1) is 10.3. The average molecular weight is 280 g/mol. The summed E-state index contributed by atoms with van der Waals surface area (Å²) in [6.45, 7) is 2.38. The molecule has 0 heterocycles. The van der Waals surface area contributed by atoms with Crippen LogP contribution >= 0.6 is 0 Å². The zero-order valence-electron chi connectivity index (χ0n) is 13.0. The van der Waals surface area contributed by atoms with Crippen molar-refractivity contribution in [1.82, 2.24) is 0 Å². The third-order valence-electron chi connectivity index (χ3n) is 4.82. The van der Waals surface area contributed by atoms with E-state index in [9.17, 15) is 0 Å². The van der Waals surface area contributed by atoms with Crippen LogP contribution < -0.4 is 4.74 Å². The molecule has 3 rings (SSSR count). The Kier molecular flexibility index (Phi) is 4.28. The van der Waals surface area contributed by atoms with Crippen LogP contribution in [0.1, 0.15) is 44.1 Å². The summed E-state index contributed by atoms with van der Waals surface area (Å²) < 4.78 is 5.21. The van der Waals surface area contributed by atoms with E-state index in [1.165, 1.54) is 42.4 Å². The van der Waals surface area contributed by atoms with Crippen LogP contribution in [0.3, 0.4) is 0 Å². The fraction of sp³-hybridized carbons (Fsp3) is 0.400. The minimum atomic E-state index is 0.770. The van der Waals surface area contributed by atoms with Gasteiger partial charge in [0.25, 0.3) is 0 Å². The monoisotopic (exact) mass is 280 g/mol. The second-order valence-electron chi connectivity index (χ2n) is 6.31. The molecule has 110 valence electrons. The van der Waals surface area contributed by atoms with Gasteiger partial charge in [-0.2, -0.15) is 0 Å². The molecule has 1 saturated carbocycles. The number of methoxy groups -OCH3 is 1. The maximum atomic E-state index is 5.21. The summed E-state index contributed by atoms with van der Waals surface area (Å²) in [7, 11) is 1.70. The lowest BCUT2D eigenvalue weighted by molar-refractivity contribution is 0.348. The van der Waals surface area contributed by atoms with Gasteiger partial charge < -0.3 is 4.74 Å². The van der Waals surface area contributed by atoms with Gasteiger partial charge in [0, 0.05) is 0 Å². The van der Waals surface area contributed by atoms with E-state index >= 15 is 0 Å². The van der Waals surface area contributed by atoms with Gasteiger partial charge in [-0.05, 0) is 53.5 Å². The fourth-order valence-corrected chi connectivity index (χ4v) is 3.32. The molecule has 0 aliphatic heterocycles. The summed E-state index contributed by atoms with van der Waals surface area (Å²) in [6.07, 6.45) is 5.46. The van der Waals surface area contributed by atoms with Crippen LogP contribution in [-0.4, -0.2) is 7.11 Å². The maximum absolute atomic E-state index is 5.21. The van der Waals surface area contributed by atoms with Gasteiger partial charge in [-0.1, -0.05) is 56.2 Å². The standard InChI is InChI=1S/C20H24O/c1-15-3-5-16(6-4-15)17-7-9-18(10-8-17)19-11-13-20(21-2)14-12-19/h7-16H,3-6H2,1-2H3. The first kappa shape index (κ1) is 14.2. The highest BCUT2D eigenvalue weighted by Crippen LogP contribution is 2.36. The molecule has 2 aromatic carbocycles. The van der Waals surface area contributed by atoms with Crippen LogP contribution in [0.15, 0.2) is 48.5 Å². The Balaban J connectivity index is 1.74. The molecular formula is C20H24O. The van der Waals surface area contributed by atoms with Crippen molar-refractivity contribution in [1.29, 1.82) is 0 Å². The first-order valence-corrected chi connectivity index (χ1v) is 8.00. The summed E-state index contributed by atoms with van der Waals surface area (Å²) >= 11 is 0. The van der Waals surface area contributed by atoms with E-state index in [-0.39, 0.29) is 0 Å². The molecule has 0 atom stereocenters. The summed E-state index contributed by atoms with van der Waals surface area (Å²) in [5.41, 5.74) is 4.05. The Morgan fingerprint density at radius 2 is 1.29 bits per heavy atom. The second-order valence-corrected chi connectivity index (χ2v) is 6.31. The van der Waals surface area contributed by atoms with E-state index in [1.807, 2.05) is 12.1 Å². The van der Waals surface area contributed by atoms with Crippen molar-refractivity contribution in [2.45, 2.75) is 38.5 Å². The molecule has 1 fully saturated rings. The molecule has 0 amide bonds. The lowest BCUT2D eigenvalue weighted by Gasteiger charge is -2.26. The smallest absolute Gasteiger partial charge is 0.118 e. The molecule has 1 nitrogen and oxygen atoms in total. The number of hydrogen-bond acceptors (Lipinski definition) is 1. The Morgan fingerprint density at radius 3 is 1.81 bits per heavy atom. The van der Waals surface area contributed by atoms with Gasteiger partial charge in [0.05, 0.1) is 7.11 Å². The van der Waals surface area contributed by atoms with Crippen LogP contribution in [0.5, 0.6) is 5.75 Å². The molecule has 0 spiro atoms. The third kappa shape index (κ3) is 3.29. The van der Waals surface area contributed by atoms with Gasteiger partial charge in [0.15, 0.2) is 0 Å². The molecule has 0 aromatic heterocycles. The zero-order chi connectivity index (χ0) is 14.7. The lowest BCUT2D eigenvalue weighted by atomic mass is 9.79. The first-order valence-electron chi connectivity index (χ1n) is 8.00. The van der Waals surface area contributed by atoms with E-state index in [2.05, 4.69) is 43.3 Å². The molecule has 0 radical (unpaired) electrons. The van der Waals surface area contributed by atoms with Crippen molar-refractivity contribution in [3.8, 4) is 16.9 Å². The fourth-order valence-electron chi connectivity index (χ4n) is 3.32. The average Bonchev–Trinajstić information content (AvgIpc) is 2.56. The minimum Gasteiger partial charge on any atom is -0.497 e. The Labute approximate surface area is 128 Å². The van der Waals surface area contributed by atoms with Crippen molar-refractivity contribution in [3.05, 3.63) is 54.1 Å². The van der Waals surface area contributed by atoms with Gasteiger partial charge in [0.2, 0.25) is 0 Å². The minimum absolute atomic E-state index is 0.770. The normalized spacial score (nSPS) is 22.0. The predicted molar refractivity (Wildman–Crippen MR) is 88.8 cm³/mol. The Hall–Kier alpha value is -1.76. The lowest BCUT2D eigenvalue weighted by Crippen LogP contribution is -2.10. The molecule has 0 saturated heterocycles. The molecule has 1 aliphatic carbocycles. The number of ether oxygens (including phenoxy) is 1. The molecule has 21 heavy (non-hydrogen) atoms. The van der Waals surface area contributed by atoms with Crippen molar-refractivity contribution in [3.63, 3.8) is 0 Å². The Bertz CT molecular complexity index is 560. The van der Waals surface area contributed by atoms with E-state index in [4.69, 9.17) is 4.74 Å². The summed E-state index contributed by atoms with van der Waals surface area (Å²) in [5, 5.41) is 0. The second kappa shape index (κ2) is 6.34. The van der Waals surface area contributed by atoms with Gasteiger partial charge in [-0.25, -0.2) is 0 Å². The van der Waals surface area contributed by atoms with E-state index in [1.54, 1.807) is 7.11 Å². The van der Waals surface area contributed by atoms with Crippen LogP contribution in [0.25, 0.3) is 11.1 Å². The van der Waals surface area contributed by atoms with Crippen LogP contribution in [0.2, 0.25) is 0 Å². The number of rotatable bonds is 3. The molecule has 2 aromatic rings. The Morgan fingerprint density at radius 1 is 0.762 bits per heavy atom. The molecule has 1 heteroatoms. The molecule has 0 unspecified atom stereocenters. The van der Waals surface area contributed by atoms with Crippen LogP contribution in [-0.2, 0) is 0 Å². The summed E-state index contributed by atoms with van der Waals surface area (Å²) in [5.74, 6) is 2.60. The van der Waals surface area contributed by atoms with E-state index in [0.29, 0.717) is 0 Å². The van der Waals surface area contributed by atoms with Gasteiger partial charge in [-0.3, -0.25) is 0 Å². The van der Waals surface area contributed by atoms with Crippen LogP contribution in [0, 0.1) is 5.92 Å². The maximum Gasteiger partial charge on any atom is 0.118 e. The summed E-state index contributed by atoms with van der Waals surface area (Å²) in [6, 6.07) is 17.4. The highest BCUT2D eigenvalue weighted by Gasteiger charge is 2.19. The van der Waals surface area contributed by atoms with Gasteiger partial charge in [0.1, 0.15) is 5.75 Å². The molecule has 0 bridgehead atoms.